The molecule has 4 fully saturated rings. The van der Waals surface area contributed by atoms with E-state index >= 15 is 0 Å². The highest BCUT2D eigenvalue weighted by atomic mass is 15.0. The highest BCUT2D eigenvalue weighted by molar-refractivity contribution is 5.18. The quantitative estimate of drug-likeness (QED) is 0.915. The average Bonchev–Trinajstić information content (AvgIpc) is 2.36. The first-order chi connectivity index (χ1) is 9.67. The summed E-state index contributed by atoms with van der Waals surface area (Å²) >= 11 is 0. The van der Waals surface area contributed by atoms with Crippen LogP contribution in [-0.2, 0) is 11.8 Å². The van der Waals surface area contributed by atoms with E-state index in [1.165, 1.54) is 38.5 Å². The van der Waals surface area contributed by atoms with Gasteiger partial charge in [-0.3, -0.25) is 0 Å². The third-order valence-electron chi connectivity index (χ3n) is 5.67. The SMILES string of the molecule is Cc1nc(CCN)nc(C23CC4CC(CC(C4)C2)C3)n1. The smallest absolute Gasteiger partial charge is 0.138 e. The minimum atomic E-state index is 0.270. The van der Waals surface area contributed by atoms with Gasteiger partial charge in [0, 0.05) is 11.8 Å². The van der Waals surface area contributed by atoms with Gasteiger partial charge in [0.2, 0.25) is 0 Å². The molecule has 4 saturated carbocycles. The molecule has 4 aliphatic rings. The summed E-state index contributed by atoms with van der Waals surface area (Å²) in [6.45, 7) is 2.61. The van der Waals surface area contributed by atoms with E-state index in [2.05, 4.69) is 4.98 Å². The average molecular weight is 272 g/mol. The third-order valence-corrected chi connectivity index (χ3v) is 5.67. The van der Waals surface area contributed by atoms with Crippen LogP contribution in [0.5, 0.6) is 0 Å². The van der Waals surface area contributed by atoms with Crippen molar-refractivity contribution in [1.82, 2.24) is 15.0 Å². The van der Waals surface area contributed by atoms with Crippen LogP contribution in [-0.4, -0.2) is 21.5 Å². The zero-order valence-corrected chi connectivity index (χ0v) is 12.3. The molecule has 0 aliphatic heterocycles. The number of aryl methyl sites for hydroxylation is 1. The topological polar surface area (TPSA) is 64.7 Å². The molecule has 2 N–H and O–H groups in total. The third kappa shape index (κ3) is 1.96. The Hall–Kier alpha value is -1.03. The summed E-state index contributed by atoms with van der Waals surface area (Å²) in [6, 6.07) is 0. The Balaban J connectivity index is 1.73. The molecule has 4 bridgehead atoms. The zero-order valence-electron chi connectivity index (χ0n) is 12.3. The van der Waals surface area contributed by atoms with E-state index in [-0.39, 0.29) is 5.41 Å². The summed E-state index contributed by atoms with van der Waals surface area (Å²) in [5, 5.41) is 0. The maximum atomic E-state index is 5.67. The van der Waals surface area contributed by atoms with Crippen LogP contribution in [0.3, 0.4) is 0 Å². The number of hydrogen-bond donors (Lipinski definition) is 1. The number of nitrogens with zero attached hydrogens (tertiary/aromatic N) is 3. The highest BCUT2D eigenvalue weighted by Crippen LogP contribution is 2.60. The van der Waals surface area contributed by atoms with E-state index in [0.29, 0.717) is 6.54 Å². The second-order valence-electron chi connectivity index (χ2n) is 7.36. The Bertz CT molecular complexity index is 490. The van der Waals surface area contributed by atoms with E-state index in [1.54, 1.807) is 0 Å². The van der Waals surface area contributed by atoms with Gasteiger partial charge in [0.25, 0.3) is 0 Å². The van der Waals surface area contributed by atoms with Crippen LogP contribution in [0.25, 0.3) is 0 Å². The van der Waals surface area contributed by atoms with E-state index in [0.717, 1.165) is 41.6 Å². The first-order valence-corrected chi connectivity index (χ1v) is 8.09. The largest absolute Gasteiger partial charge is 0.330 e. The lowest BCUT2D eigenvalue weighted by molar-refractivity contribution is -0.00970. The molecule has 0 saturated heterocycles. The molecule has 0 spiro atoms. The summed E-state index contributed by atoms with van der Waals surface area (Å²) in [5.74, 6) is 5.64. The van der Waals surface area contributed by atoms with Gasteiger partial charge in [0.15, 0.2) is 0 Å². The molecule has 4 nitrogen and oxygen atoms in total. The van der Waals surface area contributed by atoms with Crippen molar-refractivity contribution in [2.75, 3.05) is 6.54 Å². The Morgan fingerprint density at radius 1 is 1.00 bits per heavy atom. The van der Waals surface area contributed by atoms with Crippen molar-refractivity contribution >= 4 is 0 Å². The fourth-order valence-corrected chi connectivity index (χ4v) is 5.40. The molecular weight excluding hydrogens is 248 g/mol. The van der Waals surface area contributed by atoms with Crippen molar-refractivity contribution in [3.8, 4) is 0 Å². The Morgan fingerprint density at radius 3 is 2.15 bits per heavy atom. The van der Waals surface area contributed by atoms with Gasteiger partial charge in [-0.15, -0.1) is 0 Å². The molecule has 108 valence electrons. The lowest BCUT2D eigenvalue weighted by Gasteiger charge is -2.56. The molecule has 1 aromatic rings. The van der Waals surface area contributed by atoms with E-state index in [4.69, 9.17) is 15.7 Å². The molecule has 4 aliphatic carbocycles. The first-order valence-electron chi connectivity index (χ1n) is 8.09. The molecule has 20 heavy (non-hydrogen) atoms. The molecule has 5 rings (SSSR count). The van der Waals surface area contributed by atoms with Gasteiger partial charge in [-0.05, 0) is 69.7 Å². The van der Waals surface area contributed by atoms with Crippen molar-refractivity contribution in [1.29, 1.82) is 0 Å². The molecule has 0 radical (unpaired) electrons. The minimum Gasteiger partial charge on any atom is -0.330 e. The second-order valence-corrected chi connectivity index (χ2v) is 7.36. The van der Waals surface area contributed by atoms with Gasteiger partial charge < -0.3 is 5.73 Å². The number of rotatable bonds is 3. The van der Waals surface area contributed by atoms with E-state index in [9.17, 15) is 0 Å². The molecule has 0 unspecified atom stereocenters. The van der Waals surface area contributed by atoms with Crippen molar-refractivity contribution in [3.05, 3.63) is 17.5 Å². The van der Waals surface area contributed by atoms with E-state index in [1.807, 2.05) is 6.92 Å². The highest BCUT2D eigenvalue weighted by Gasteiger charge is 2.53. The van der Waals surface area contributed by atoms with Gasteiger partial charge in [0.1, 0.15) is 17.5 Å². The number of aromatic nitrogens is 3. The summed E-state index contributed by atoms with van der Waals surface area (Å²) in [7, 11) is 0. The lowest BCUT2D eigenvalue weighted by atomic mass is 9.49. The molecule has 1 aromatic heterocycles. The molecule has 1 heterocycles. The monoisotopic (exact) mass is 272 g/mol. The van der Waals surface area contributed by atoms with Gasteiger partial charge in [0.05, 0.1) is 0 Å². The normalized spacial score (nSPS) is 38.4. The summed E-state index contributed by atoms with van der Waals surface area (Å²) < 4.78 is 0. The van der Waals surface area contributed by atoms with E-state index < -0.39 is 0 Å². The molecule has 0 amide bonds. The fraction of sp³-hybridized carbons (Fsp3) is 0.812. The van der Waals surface area contributed by atoms with Gasteiger partial charge >= 0.3 is 0 Å². The Kier molecular flexibility index (Phi) is 2.85. The zero-order chi connectivity index (χ0) is 13.7. The van der Waals surface area contributed by atoms with Crippen LogP contribution >= 0.6 is 0 Å². The van der Waals surface area contributed by atoms with Crippen molar-refractivity contribution in [2.24, 2.45) is 23.5 Å². The van der Waals surface area contributed by atoms with Crippen LogP contribution in [0.4, 0.5) is 0 Å². The van der Waals surface area contributed by atoms with Gasteiger partial charge in [-0.25, -0.2) is 15.0 Å². The van der Waals surface area contributed by atoms with Crippen molar-refractivity contribution in [3.63, 3.8) is 0 Å². The molecule has 0 atom stereocenters. The summed E-state index contributed by atoms with van der Waals surface area (Å²) in [6.07, 6.45) is 9.07. The van der Waals surface area contributed by atoms with Gasteiger partial charge in [-0.2, -0.15) is 0 Å². The van der Waals surface area contributed by atoms with Crippen LogP contribution in [0.15, 0.2) is 0 Å². The molecular formula is C16H24N4. The standard InChI is InChI=1S/C16H24N4/c1-10-18-14(2-3-17)20-15(19-10)16-7-11-4-12(8-16)6-13(5-11)9-16/h11-13H,2-9,17H2,1H3. The maximum Gasteiger partial charge on any atom is 0.138 e. The van der Waals surface area contributed by atoms with Crippen LogP contribution < -0.4 is 5.73 Å². The van der Waals surface area contributed by atoms with Crippen LogP contribution in [0.1, 0.15) is 56.0 Å². The predicted octanol–water partition coefficient (Wildman–Crippen LogP) is 2.15. The number of hydrogen-bond acceptors (Lipinski definition) is 4. The number of nitrogens with two attached hydrogens (primary N) is 1. The lowest BCUT2D eigenvalue weighted by Crippen LogP contribution is -2.49. The first kappa shape index (κ1) is 12.7. The fourth-order valence-electron chi connectivity index (χ4n) is 5.40. The minimum absolute atomic E-state index is 0.270. The Labute approximate surface area is 120 Å². The van der Waals surface area contributed by atoms with Crippen LogP contribution in [0, 0.1) is 24.7 Å². The summed E-state index contributed by atoms with van der Waals surface area (Å²) in [4.78, 5) is 14.0. The molecule has 4 heteroatoms. The maximum absolute atomic E-state index is 5.67. The van der Waals surface area contributed by atoms with Gasteiger partial charge in [-0.1, -0.05) is 0 Å². The summed E-state index contributed by atoms with van der Waals surface area (Å²) in [5.41, 5.74) is 5.94. The molecule has 0 aromatic carbocycles. The second kappa shape index (κ2) is 4.48. The Morgan fingerprint density at radius 2 is 1.60 bits per heavy atom. The van der Waals surface area contributed by atoms with Crippen LogP contribution in [0.2, 0.25) is 0 Å². The van der Waals surface area contributed by atoms with Crippen molar-refractivity contribution in [2.45, 2.75) is 57.3 Å². The predicted molar refractivity (Wildman–Crippen MR) is 77.2 cm³/mol. The van der Waals surface area contributed by atoms with Crippen molar-refractivity contribution < 1.29 is 0 Å².